The van der Waals surface area contributed by atoms with Crippen molar-refractivity contribution in [3.8, 4) is 11.5 Å². The first-order chi connectivity index (χ1) is 18.5. The molecule has 2 heterocycles. The van der Waals surface area contributed by atoms with E-state index in [9.17, 15) is 14.4 Å². The van der Waals surface area contributed by atoms with E-state index in [1.54, 1.807) is 16.6 Å². The van der Waals surface area contributed by atoms with Crippen LogP contribution in [0.1, 0.15) is 60.3 Å². The number of fused-ring (bicyclic) bond motifs is 1. The van der Waals surface area contributed by atoms with E-state index in [2.05, 4.69) is 24.3 Å². The van der Waals surface area contributed by atoms with Gasteiger partial charge in [-0.15, -0.1) is 0 Å². The lowest BCUT2D eigenvalue weighted by molar-refractivity contribution is -0.132. The zero-order valence-electron chi connectivity index (χ0n) is 22.1. The summed E-state index contributed by atoms with van der Waals surface area (Å²) < 4.78 is 18.4. The lowest BCUT2D eigenvalue weighted by Crippen LogP contribution is -2.47. The fourth-order valence-electron chi connectivity index (χ4n) is 4.90. The Kier molecular flexibility index (Phi) is 8.97. The number of benzene rings is 2. The number of unbranched alkanes of at least 4 members (excludes halogenated alkanes) is 1. The van der Waals surface area contributed by atoms with Crippen molar-refractivity contribution in [2.24, 2.45) is 0 Å². The van der Waals surface area contributed by atoms with Crippen molar-refractivity contribution in [2.45, 2.75) is 38.6 Å². The van der Waals surface area contributed by atoms with Gasteiger partial charge >= 0.3 is 5.97 Å². The van der Waals surface area contributed by atoms with Gasteiger partial charge in [-0.25, -0.2) is 0 Å². The first-order valence-electron chi connectivity index (χ1n) is 12.9. The van der Waals surface area contributed by atoms with Crippen LogP contribution in [0.5, 0.6) is 11.5 Å². The number of amides is 1. The van der Waals surface area contributed by atoms with E-state index < -0.39 is 11.4 Å². The Labute approximate surface area is 222 Å². The highest BCUT2D eigenvalue weighted by Gasteiger charge is 2.40. The number of hydrogen-bond acceptors (Lipinski definition) is 6. The largest absolute Gasteiger partial charge is 0.487 e. The van der Waals surface area contributed by atoms with E-state index in [4.69, 9.17) is 14.2 Å². The van der Waals surface area contributed by atoms with Crippen molar-refractivity contribution in [1.82, 2.24) is 9.47 Å². The highest BCUT2D eigenvalue weighted by Crippen LogP contribution is 2.41. The minimum Gasteiger partial charge on any atom is -0.487 e. The Bertz CT molecular complexity index is 1270. The quantitative estimate of drug-likeness (QED) is 0.276. The molecule has 1 amide bonds. The van der Waals surface area contributed by atoms with Gasteiger partial charge in [0.1, 0.15) is 0 Å². The molecule has 0 aliphatic carbocycles. The van der Waals surface area contributed by atoms with E-state index in [1.807, 2.05) is 43.3 Å². The van der Waals surface area contributed by atoms with Crippen LogP contribution in [0.2, 0.25) is 0 Å². The van der Waals surface area contributed by atoms with Gasteiger partial charge in [0.05, 0.1) is 25.5 Å². The third-order valence-corrected chi connectivity index (χ3v) is 6.68. The normalized spacial score (nSPS) is 14.9. The van der Waals surface area contributed by atoms with Gasteiger partial charge in [-0.1, -0.05) is 74.0 Å². The van der Waals surface area contributed by atoms with Crippen LogP contribution in [0.15, 0.2) is 71.7 Å². The Balaban J connectivity index is 1.97. The van der Waals surface area contributed by atoms with Crippen LogP contribution in [-0.2, 0) is 9.53 Å². The summed E-state index contributed by atoms with van der Waals surface area (Å²) in [6.07, 6.45) is 3.05. The van der Waals surface area contributed by atoms with Crippen molar-refractivity contribution in [1.29, 1.82) is 0 Å². The molecule has 0 bridgehead atoms. The number of hydrogen-bond donors (Lipinski definition) is 0. The zero-order chi connectivity index (χ0) is 27.1. The SMILES string of the molecule is CCCCOc1c2n(cc(OC(C)=O)c1=O)[C@@H](C(c1ccccc1)c1ccccc1)CN(CCOC)C2=O. The fourth-order valence-corrected chi connectivity index (χ4v) is 4.90. The van der Waals surface area contributed by atoms with Gasteiger partial charge < -0.3 is 23.7 Å². The lowest BCUT2D eigenvalue weighted by atomic mass is 9.83. The van der Waals surface area contributed by atoms with E-state index >= 15 is 0 Å². The standard InChI is InChI=1S/C30H34N2O6/c1-4-5-17-37-29-27-30(35)31(16-18-36-3)19-24(32(27)20-25(28(29)34)38-21(2)33)26(22-12-8-6-9-13-22)23-14-10-7-11-15-23/h6-15,20,24,26H,4-5,16-19H2,1-3H3/t24-/m1/s1. The first kappa shape index (κ1) is 27.1. The highest BCUT2D eigenvalue weighted by molar-refractivity contribution is 5.96. The summed E-state index contributed by atoms with van der Waals surface area (Å²) in [5.74, 6) is -1.36. The summed E-state index contributed by atoms with van der Waals surface area (Å²) in [5, 5.41) is 0. The molecule has 0 spiro atoms. The van der Waals surface area contributed by atoms with Crippen LogP contribution in [-0.4, -0.2) is 54.8 Å². The molecule has 0 saturated heterocycles. The number of ether oxygens (including phenoxy) is 3. The molecule has 0 fully saturated rings. The summed E-state index contributed by atoms with van der Waals surface area (Å²) in [5.41, 5.74) is 1.65. The number of esters is 1. The molecule has 1 aromatic heterocycles. The van der Waals surface area contributed by atoms with Crippen LogP contribution >= 0.6 is 0 Å². The monoisotopic (exact) mass is 518 g/mol. The molecular weight excluding hydrogens is 484 g/mol. The average molecular weight is 519 g/mol. The second-order valence-electron chi connectivity index (χ2n) is 9.31. The van der Waals surface area contributed by atoms with Gasteiger partial charge in [0.15, 0.2) is 17.2 Å². The van der Waals surface area contributed by atoms with Gasteiger partial charge in [0.2, 0.25) is 0 Å². The average Bonchev–Trinajstić information content (AvgIpc) is 2.92. The summed E-state index contributed by atoms with van der Waals surface area (Å²) in [6.45, 7) is 4.59. The molecule has 1 aliphatic rings. The number of carbonyl (C=O) groups excluding carboxylic acids is 2. The predicted molar refractivity (Wildman–Crippen MR) is 144 cm³/mol. The van der Waals surface area contributed by atoms with E-state index in [0.29, 0.717) is 26.1 Å². The smallest absolute Gasteiger partial charge is 0.308 e. The summed E-state index contributed by atoms with van der Waals surface area (Å²) in [7, 11) is 1.59. The third-order valence-electron chi connectivity index (χ3n) is 6.68. The number of carbonyl (C=O) groups is 2. The maximum atomic E-state index is 13.8. The minimum absolute atomic E-state index is 0.0887. The molecule has 0 radical (unpaired) electrons. The summed E-state index contributed by atoms with van der Waals surface area (Å²) in [6, 6.07) is 19.8. The number of methoxy groups -OCH3 is 1. The van der Waals surface area contributed by atoms with Crippen LogP contribution in [0.25, 0.3) is 0 Å². The number of pyridine rings is 1. The van der Waals surface area contributed by atoms with E-state index in [1.165, 1.54) is 13.1 Å². The van der Waals surface area contributed by atoms with Gasteiger partial charge in [-0.2, -0.15) is 0 Å². The Hall–Kier alpha value is -3.91. The molecule has 3 aromatic rings. The van der Waals surface area contributed by atoms with E-state index in [-0.39, 0.29) is 41.7 Å². The molecule has 0 saturated carbocycles. The maximum Gasteiger partial charge on any atom is 0.308 e. The van der Waals surface area contributed by atoms with Gasteiger partial charge in [-0.05, 0) is 17.5 Å². The Morgan fingerprint density at radius 2 is 1.63 bits per heavy atom. The molecule has 0 unspecified atom stereocenters. The summed E-state index contributed by atoms with van der Waals surface area (Å²) in [4.78, 5) is 40.9. The fraction of sp³-hybridized carbons (Fsp3) is 0.367. The van der Waals surface area contributed by atoms with Gasteiger partial charge in [-0.3, -0.25) is 14.4 Å². The van der Waals surface area contributed by atoms with Gasteiger partial charge in [0.25, 0.3) is 11.3 Å². The van der Waals surface area contributed by atoms with Crippen molar-refractivity contribution in [3.63, 3.8) is 0 Å². The van der Waals surface area contributed by atoms with Crippen LogP contribution < -0.4 is 14.9 Å². The maximum absolute atomic E-state index is 13.8. The highest BCUT2D eigenvalue weighted by atomic mass is 16.5. The summed E-state index contributed by atoms with van der Waals surface area (Å²) >= 11 is 0. The second kappa shape index (κ2) is 12.6. The Morgan fingerprint density at radius 3 is 2.18 bits per heavy atom. The minimum atomic E-state index is -0.620. The number of aromatic nitrogens is 1. The van der Waals surface area contributed by atoms with Gasteiger partial charge in [0, 0.05) is 33.0 Å². The molecular formula is C30H34N2O6. The van der Waals surface area contributed by atoms with Crippen molar-refractivity contribution < 1.29 is 23.8 Å². The number of rotatable bonds is 11. The van der Waals surface area contributed by atoms with Crippen LogP contribution in [0.3, 0.4) is 0 Å². The Morgan fingerprint density at radius 1 is 1.00 bits per heavy atom. The third kappa shape index (κ3) is 5.81. The zero-order valence-corrected chi connectivity index (χ0v) is 22.1. The second-order valence-corrected chi connectivity index (χ2v) is 9.31. The number of nitrogens with zero attached hydrogens (tertiary/aromatic N) is 2. The molecule has 0 N–H and O–H groups in total. The molecule has 38 heavy (non-hydrogen) atoms. The lowest BCUT2D eigenvalue weighted by Gasteiger charge is -2.40. The molecule has 1 aliphatic heterocycles. The van der Waals surface area contributed by atoms with Crippen molar-refractivity contribution in [2.75, 3.05) is 33.4 Å². The molecule has 8 heteroatoms. The van der Waals surface area contributed by atoms with Crippen LogP contribution in [0.4, 0.5) is 0 Å². The van der Waals surface area contributed by atoms with Crippen molar-refractivity contribution in [3.05, 3.63) is 93.9 Å². The molecule has 8 nitrogen and oxygen atoms in total. The van der Waals surface area contributed by atoms with Crippen LogP contribution in [0, 0.1) is 0 Å². The molecule has 200 valence electrons. The topological polar surface area (TPSA) is 87.1 Å². The molecule has 2 aromatic carbocycles. The van der Waals surface area contributed by atoms with Crippen molar-refractivity contribution >= 4 is 11.9 Å². The van der Waals surface area contributed by atoms with E-state index in [0.717, 1.165) is 17.5 Å². The molecule has 4 rings (SSSR count). The molecule has 1 atom stereocenters. The first-order valence-corrected chi connectivity index (χ1v) is 12.9. The predicted octanol–water partition coefficient (Wildman–Crippen LogP) is 4.43.